The van der Waals surface area contributed by atoms with E-state index in [1.807, 2.05) is 20.5 Å². The summed E-state index contributed by atoms with van der Waals surface area (Å²) in [7, 11) is 0. The predicted octanol–water partition coefficient (Wildman–Crippen LogP) is 2.21. The smallest absolute Gasteiger partial charge is 0.275 e. The Kier molecular flexibility index (Phi) is 5.02. The van der Waals surface area contributed by atoms with Crippen LogP contribution in [0.15, 0.2) is 18.2 Å². The quantitative estimate of drug-likeness (QED) is 0.795. The lowest BCUT2D eigenvalue weighted by atomic mass is 10.1. The number of fused-ring (bicyclic) bond motifs is 1. The van der Waals surface area contributed by atoms with Gasteiger partial charge in [-0.15, -0.1) is 0 Å². The molecule has 0 fully saturated rings. The molecular formula is C18H26N4O2. The van der Waals surface area contributed by atoms with Crippen molar-refractivity contribution in [1.29, 1.82) is 0 Å². The molecule has 2 amide bonds. The van der Waals surface area contributed by atoms with Crippen molar-refractivity contribution in [2.24, 2.45) is 0 Å². The van der Waals surface area contributed by atoms with Crippen molar-refractivity contribution in [3.05, 3.63) is 29.6 Å². The van der Waals surface area contributed by atoms with Gasteiger partial charge in [0.1, 0.15) is 0 Å². The molecule has 0 radical (unpaired) electrons. The lowest BCUT2D eigenvalue weighted by Gasteiger charge is -2.23. The molecule has 0 bridgehead atoms. The van der Waals surface area contributed by atoms with Crippen LogP contribution >= 0.6 is 0 Å². The van der Waals surface area contributed by atoms with E-state index in [1.54, 1.807) is 6.92 Å². The number of hydrogen-bond acceptors (Lipinski definition) is 3. The highest BCUT2D eigenvalue weighted by atomic mass is 16.2. The third-order valence-corrected chi connectivity index (χ3v) is 4.85. The maximum absolute atomic E-state index is 12.9. The molecule has 24 heavy (non-hydrogen) atoms. The summed E-state index contributed by atoms with van der Waals surface area (Å²) in [6.45, 7) is 6.45. The predicted molar refractivity (Wildman–Crippen MR) is 91.4 cm³/mol. The molecule has 1 atom stereocenters. The van der Waals surface area contributed by atoms with Gasteiger partial charge in [0.05, 0.1) is 18.3 Å². The van der Waals surface area contributed by atoms with Crippen LogP contribution in [0.2, 0.25) is 0 Å². The highest BCUT2D eigenvalue weighted by Gasteiger charge is 2.28. The second kappa shape index (κ2) is 7.20. The van der Waals surface area contributed by atoms with Gasteiger partial charge in [-0.1, -0.05) is 31.9 Å². The van der Waals surface area contributed by atoms with Crippen LogP contribution < -0.4 is 0 Å². The molecular weight excluding hydrogens is 304 g/mol. The lowest BCUT2D eigenvalue weighted by molar-refractivity contribution is -0.129. The Morgan fingerprint density at radius 1 is 1.33 bits per heavy atom. The third-order valence-electron chi connectivity index (χ3n) is 4.85. The maximum atomic E-state index is 12.9. The fourth-order valence-electron chi connectivity index (χ4n) is 3.45. The summed E-state index contributed by atoms with van der Waals surface area (Å²) >= 11 is 0. The van der Waals surface area contributed by atoms with Crippen molar-refractivity contribution in [2.45, 2.75) is 58.7 Å². The van der Waals surface area contributed by atoms with Crippen molar-refractivity contribution in [3.63, 3.8) is 0 Å². The van der Waals surface area contributed by atoms with Crippen LogP contribution in [0.3, 0.4) is 0 Å². The SMILES string of the molecule is CCCC[C@H]1C=CCN1C(=O)c1cc2n(n1)CCCN(C(C)=O)C2. The minimum absolute atomic E-state index is 0.00366. The van der Waals surface area contributed by atoms with Crippen LogP contribution in [0.1, 0.15) is 55.7 Å². The summed E-state index contributed by atoms with van der Waals surface area (Å²) in [6, 6.07) is 2.05. The van der Waals surface area contributed by atoms with Gasteiger partial charge in [-0.2, -0.15) is 5.10 Å². The average Bonchev–Trinajstić information content (AvgIpc) is 3.14. The Morgan fingerprint density at radius 3 is 2.92 bits per heavy atom. The van der Waals surface area contributed by atoms with Gasteiger partial charge in [0.25, 0.3) is 5.91 Å². The van der Waals surface area contributed by atoms with E-state index >= 15 is 0 Å². The first kappa shape index (κ1) is 16.7. The molecule has 2 aliphatic heterocycles. The van der Waals surface area contributed by atoms with Crippen molar-refractivity contribution in [2.75, 3.05) is 13.1 Å². The molecule has 3 heterocycles. The molecule has 0 saturated heterocycles. The van der Waals surface area contributed by atoms with Gasteiger partial charge < -0.3 is 9.80 Å². The molecule has 6 heteroatoms. The van der Waals surface area contributed by atoms with Crippen molar-refractivity contribution < 1.29 is 9.59 Å². The van der Waals surface area contributed by atoms with Crippen molar-refractivity contribution in [1.82, 2.24) is 19.6 Å². The van der Waals surface area contributed by atoms with Gasteiger partial charge in [0, 0.05) is 26.6 Å². The Hall–Kier alpha value is -2.11. The third kappa shape index (κ3) is 3.37. The second-order valence-corrected chi connectivity index (χ2v) is 6.63. The first-order valence-electron chi connectivity index (χ1n) is 8.90. The molecule has 2 aliphatic rings. The molecule has 1 aromatic rings. The largest absolute Gasteiger partial charge is 0.337 e. The van der Waals surface area contributed by atoms with Crippen molar-refractivity contribution in [3.8, 4) is 0 Å². The Morgan fingerprint density at radius 2 is 2.17 bits per heavy atom. The van der Waals surface area contributed by atoms with E-state index < -0.39 is 0 Å². The zero-order valence-corrected chi connectivity index (χ0v) is 14.6. The van der Waals surface area contributed by atoms with Crippen LogP contribution in [-0.2, 0) is 17.9 Å². The average molecular weight is 330 g/mol. The molecule has 0 aromatic carbocycles. The normalized spacial score (nSPS) is 20.2. The Balaban J connectivity index is 1.75. The van der Waals surface area contributed by atoms with E-state index in [0.717, 1.165) is 44.5 Å². The minimum atomic E-state index is -0.00366. The number of unbranched alkanes of at least 4 members (excludes halogenated alkanes) is 1. The number of aromatic nitrogens is 2. The fourth-order valence-corrected chi connectivity index (χ4v) is 3.45. The van der Waals surface area contributed by atoms with Gasteiger partial charge >= 0.3 is 0 Å². The summed E-state index contributed by atoms with van der Waals surface area (Å²) < 4.78 is 1.89. The summed E-state index contributed by atoms with van der Waals surface area (Å²) in [4.78, 5) is 28.3. The maximum Gasteiger partial charge on any atom is 0.275 e. The van der Waals surface area contributed by atoms with Crippen molar-refractivity contribution >= 4 is 11.8 Å². The highest BCUT2D eigenvalue weighted by Crippen LogP contribution is 2.20. The van der Waals surface area contributed by atoms with E-state index in [-0.39, 0.29) is 17.9 Å². The van der Waals surface area contributed by atoms with E-state index in [0.29, 0.717) is 18.8 Å². The first-order valence-corrected chi connectivity index (χ1v) is 8.90. The van der Waals surface area contributed by atoms with Crippen LogP contribution in [0, 0.1) is 0 Å². The van der Waals surface area contributed by atoms with Crippen LogP contribution in [0.4, 0.5) is 0 Å². The molecule has 130 valence electrons. The zero-order chi connectivity index (χ0) is 17.1. The van der Waals surface area contributed by atoms with Gasteiger partial charge in [-0.25, -0.2) is 0 Å². The monoisotopic (exact) mass is 330 g/mol. The molecule has 6 nitrogen and oxygen atoms in total. The zero-order valence-electron chi connectivity index (χ0n) is 14.6. The molecule has 1 aromatic heterocycles. The number of carbonyl (C=O) groups excluding carboxylic acids is 2. The standard InChI is InChI=1S/C18H26N4O2/c1-3-4-7-15-8-5-10-21(15)18(24)17-12-16-13-20(14(2)23)9-6-11-22(16)19-17/h5,8,12,15H,3-4,6-7,9-11,13H2,1-2H3/t15-/m0/s1. The van der Waals surface area contributed by atoms with E-state index in [1.165, 1.54) is 0 Å². The Bertz CT molecular complexity index is 649. The minimum Gasteiger partial charge on any atom is -0.337 e. The number of nitrogens with zero attached hydrogens (tertiary/aromatic N) is 4. The molecule has 0 N–H and O–H groups in total. The first-order chi connectivity index (χ1) is 11.6. The molecule has 0 saturated carbocycles. The van der Waals surface area contributed by atoms with Gasteiger partial charge in [-0.05, 0) is 18.9 Å². The topological polar surface area (TPSA) is 58.4 Å². The number of carbonyl (C=O) groups is 2. The molecule has 0 unspecified atom stereocenters. The highest BCUT2D eigenvalue weighted by molar-refractivity contribution is 5.93. The number of hydrogen-bond donors (Lipinski definition) is 0. The lowest BCUT2D eigenvalue weighted by Crippen LogP contribution is -2.36. The summed E-state index contributed by atoms with van der Waals surface area (Å²) in [5, 5.41) is 4.52. The fraction of sp³-hybridized carbons (Fsp3) is 0.611. The van der Waals surface area contributed by atoms with Crippen LogP contribution in [0.25, 0.3) is 0 Å². The summed E-state index contributed by atoms with van der Waals surface area (Å²) in [6.07, 6.45) is 8.32. The van der Waals surface area contributed by atoms with E-state index in [2.05, 4.69) is 24.2 Å². The molecule has 0 spiro atoms. The molecule has 0 aliphatic carbocycles. The number of rotatable bonds is 4. The van der Waals surface area contributed by atoms with Gasteiger partial charge in [-0.3, -0.25) is 14.3 Å². The van der Waals surface area contributed by atoms with E-state index in [9.17, 15) is 9.59 Å². The Labute approximate surface area is 143 Å². The number of aryl methyl sites for hydroxylation is 1. The molecule has 3 rings (SSSR count). The van der Waals surface area contributed by atoms with Gasteiger partial charge in [0.15, 0.2) is 5.69 Å². The van der Waals surface area contributed by atoms with Gasteiger partial charge in [0.2, 0.25) is 5.91 Å². The number of amides is 2. The van der Waals surface area contributed by atoms with Crippen LogP contribution in [-0.4, -0.2) is 50.5 Å². The van der Waals surface area contributed by atoms with Crippen LogP contribution in [0.5, 0.6) is 0 Å². The second-order valence-electron chi connectivity index (χ2n) is 6.63. The summed E-state index contributed by atoms with van der Waals surface area (Å²) in [5.74, 6) is 0.0666. The summed E-state index contributed by atoms with van der Waals surface area (Å²) in [5.41, 5.74) is 1.45. The van der Waals surface area contributed by atoms with E-state index in [4.69, 9.17) is 0 Å².